The average Bonchev–Trinajstić information content (AvgIpc) is 0.923. The molecular formula is C87H148O16P2. The highest BCUT2D eigenvalue weighted by Crippen LogP contribution is 2.45. The van der Waals surface area contributed by atoms with E-state index in [2.05, 4.69) is 167 Å². The first-order valence-corrected chi connectivity index (χ1v) is 44.1. The van der Waals surface area contributed by atoms with Gasteiger partial charge in [0.1, 0.15) is 25.4 Å². The van der Waals surface area contributed by atoms with Crippen molar-refractivity contribution in [1.29, 1.82) is 0 Å². The van der Waals surface area contributed by atoms with Gasteiger partial charge in [-0.2, -0.15) is 0 Å². The number of carbonyl (C=O) groups excluding carboxylic acids is 3. The lowest BCUT2D eigenvalue weighted by molar-refractivity contribution is -0.161. The summed E-state index contributed by atoms with van der Waals surface area (Å²) in [7, 11) is -9.81. The highest BCUT2D eigenvalue weighted by atomic mass is 31.2. The van der Waals surface area contributed by atoms with Gasteiger partial charge in [0.2, 0.25) is 0 Å². The molecule has 0 aliphatic rings. The first-order chi connectivity index (χ1) is 51.2. The summed E-state index contributed by atoms with van der Waals surface area (Å²) in [6.07, 6.45) is 97.3. The average molecular weight is 1510 g/mol. The van der Waals surface area contributed by atoms with E-state index in [1.54, 1.807) is 0 Å². The third-order valence-corrected chi connectivity index (χ3v) is 18.9. The minimum absolute atomic E-state index is 0.0851. The molecule has 0 aromatic heterocycles. The van der Waals surface area contributed by atoms with E-state index in [-0.39, 0.29) is 19.3 Å². The summed E-state index contributed by atoms with van der Waals surface area (Å²) in [5.41, 5.74) is 0. The number of rotatable bonds is 77. The van der Waals surface area contributed by atoms with Crippen LogP contribution in [0.3, 0.4) is 0 Å². The van der Waals surface area contributed by atoms with Crippen LogP contribution in [0.4, 0.5) is 0 Å². The van der Waals surface area contributed by atoms with Crippen molar-refractivity contribution >= 4 is 33.6 Å². The molecule has 602 valence electrons. The molecule has 0 spiro atoms. The maximum Gasteiger partial charge on any atom is 0.472 e. The largest absolute Gasteiger partial charge is 0.472 e. The van der Waals surface area contributed by atoms with Crippen molar-refractivity contribution in [3.05, 3.63) is 146 Å². The normalized spacial score (nSPS) is 14.7. The molecular weight excluding hydrogens is 1360 g/mol. The molecule has 0 aliphatic carbocycles. The molecule has 0 aromatic carbocycles. The lowest BCUT2D eigenvalue weighted by Crippen LogP contribution is -2.30. The van der Waals surface area contributed by atoms with E-state index in [1.165, 1.54) is 96.3 Å². The summed E-state index contributed by atoms with van der Waals surface area (Å²) in [5.74, 6) is -1.60. The van der Waals surface area contributed by atoms with Crippen molar-refractivity contribution in [2.24, 2.45) is 0 Å². The summed E-state index contributed by atoms with van der Waals surface area (Å²) in [4.78, 5) is 58.8. The van der Waals surface area contributed by atoms with Crippen LogP contribution in [0.2, 0.25) is 0 Å². The predicted octanol–water partition coefficient (Wildman–Crippen LogP) is 24.4. The Morgan fingerprint density at radius 3 is 0.800 bits per heavy atom. The van der Waals surface area contributed by atoms with Crippen LogP contribution >= 0.6 is 15.6 Å². The third-order valence-electron chi connectivity index (χ3n) is 17.0. The number of unbranched alkanes of at least 4 members (excludes halogenated alkanes) is 30. The maximum absolute atomic E-state index is 13.0. The van der Waals surface area contributed by atoms with Crippen LogP contribution in [0, 0.1) is 0 Å². The number of hydrogen-bond donors (Lipinski definition) is 4. The standard InChI is InChI=1S/C87H148O16P2/c1-4-7-10-13-16-19-22-25-28-31-34-36-38-40-42-44-47-49-52-55-58-61-64-67-70-73-85(90)97-76-82(88)77-99-104(93,94)100-78-83(89)79-101-105(95,96)102-81-84(103-87(92)75-72-69-66-63-60-57-54-51-46-33-30-27-24-21-18-15-12-9-6-3)80-98-86(91)74-71-68-65-62-59-56-53-50-48-45-43-41-39-37-35-32-29-26-23-20-17-14-11-8-5-2/h7,10,16-21,25-30,34-37,40-43,46,51,82-84,88-89H,4-6,8-9,11-15,22-24,31-33,38-39,44-45,47-50,52-81H2,1-3H3,(H,93,94)(H,95,96)/b10-7-,19-16-,20-17-,21-18-,28-25-,29-26-,30-27-,36-34-,37-35-,42-40-,43-41-,51-46-. The van der Waals surface area contributed by atoms with Crippen LogP contribution in [0.15, 0.2) is 146 Å². The first kappa shape index (κ1) is 100. The van der Waals surface area contributed by atoms with Crippen LogP contribution < -0.4 is 0 Å². The van der Waals surface area contributed by atoms with Crippen molar-refractivity contribution in [1.82, 2.24) is 0 Å². The highest BCUT2D eigenvalue weighted by molar-refractivity contribution is 7.47. The monoisotopic (exact) mass is 1510 g/mol. The Labute approximate surface area is 638 Å². The van der Waals surface area contributed by atoms with E-state index in [0.29, 0.717) is 19.3 Å². The number of ether oxygens (including phenoxy) is 3. The molecule has 105 heavy (non-hydrogen) atoms. The Hall–Kier alpha value is -4.57. The number of hydrogen-bond acceptors (Lipinski definition) is 14. The molecule has 0 heterocycles. The fraction of sp³-hybridized carbons (Fsp3) is 0.690. The molecule has 18 heteroatoms. The molecule has 5 unspecified atom stereocenters. The number of carbonyl (C=O) groups is 3. The Bertz CT molecular complexity index is 2490. The van der Waals surface area contributed by atoms with Gasteiger partial charge in [0.15, 0.2) is 6.10 Å². The van der Waals surface area contributed by atoms with E-state index in [4.69, 9.17) is 32.3 Å². The van der Waals surface area contributed by atoms with Gasteiger partial charge in [-0.25, -0.2) is 9.13 Å². The number of esters is 3. The first-order valence-electron chi connectivity index (χ1n) is 41.1. The van der Waals surface area contributed by atoms with Gasteiger partial charge in [0.05, 0.1) is 26.4 Å². The van der Waals surface area contributed by atoms with Gasteiger partial charge in [-0.1, -0.05) is 308 Å². The number of allylic oxidation sites excluding steroid dienone is 24. The zero-order valence-electron chi connectivity index (χ0n) is 65.9. The number of phosphoric ester groups is 2. The lowest BCUT2D eigenvalue weighted by atomic mass is 10.1. The summed E-state index contributed by atoms with van der Waals surface area (Å²) in [6, 6.07) is 0. The number of phosphoric acid groups is 2. The molecule has 5 atom stereocenters. The van der Waals surface area contributed by atoms with Crippen molar-refractivity contribution in [2.45, 2.75) is 347 Å². The fourth-order valence-corrected chi connectivity index (χ4v) is 12.4. The van der Waals surface area contributed by atoms with Crippen molar-refractivity contribution in [3.8, 4) is 0 Å². The molecule has 0 saturated carbocycles. The Morgan fingerprint density at radius 1 is 0.276 bits per heavy atom. The van der Waals surface area contributed by atoms with E-state index >= 15 is 0 Å². The van der Waals surface area contributed by atoms with Gasteiger partial charge in [0, 0.05) is 19.3 Å². The smallest absolute Gasteiger partial charge is 0.463 e. The molecule has 0 aromatic rings. The van der Waals surface area contributed by atoms with Gasteiger partial charge < -0.3 is 34.2 Å². The lowest BCUT2D eigenvalue weighted by Gasteiger charge is -2.21. The van der Waals surface area contributed by atoms with Crippen molar-refractivity contribution < 1.29 is 75.8 Å². The predicted molar refractivity (Wildman–Crippen MR) is 436 cm³/mol. The summed E-state index contributed by atoms with van der Waals surface area (Å²) >= 11 is 0. The van der Waals surface area contributed by atoms with Crippen LogP contribution in [-0.4, -0.2) is 95.9 Å². The molecule has 0 amide bonds. The van der Waals surface area contributed by atoms with E-state index in [9.17, 15) is 43.5 Å². The van der Waals surface area contributed by atoms with Gasteiger partial charge >= 0.3 is 33.6 Å². The Kier molecular flexibility index (Phi) is 75.6. The van der Waals surface area contributed by atoms with Gasteiger partial charge in [-0.05, 0) is 148 Å². The molecule has 0 fully saturated rings. The Balaban J connectivity index is 4.68. The number of aliphatic hydroxyl groups is 2. The molecule has 4 N–H and O–H groups in total. The summed E-state index contributed by atoms with van der Waals surface area (Å²) < 4.78 is 61.3. The van der Waals surface area contributed by atoms with E-state index in [1.807, 2.05) is 0 Å². The van der Waals surface area contributed by atoms with Crippen LogP contribution in [-0.2, 0) is 55.8 Å². The minimum Gasteiger partial charge on any atom is -0.463 e. The van der Waals surface area contributed by atoms with E-state index in [0.717, 1.165) is 173 Å². The second kappa shape index (κ2) is 79.0. The molecule has 16 nitrogen and oxygen atoms in total. The second-order valence-corrected chi connectivity index (χ2v) is 30.1. The maximum atomic E-state index is 13.0. The molecule has 0 bridgehead atoms. The quantitative estimate of drug-likeness (QED) is 0.0146. The topological polar surface area (TPSA) is 231 Å². The zero-order chi connectivity index (χ0) is 76.6. The molecule has 0 rings (SSSR count). The molecule has 0 saturated heterocycles. The van der Waals surface area contributed by atoms with Gasteiger partial charge in [-0.3, -0.25) is 32.5 Å². The van der Waals surface area contributed by atoms with Crippen LogP contribution in [0.1, 0.15) is 329 Å². The molecule has 0 aliphatic heterocycles. The highest BCUT2D eigenvalue weighted by Gasteiger charge is 2.29. The SMILES string of the molecule is CC/C=C\C/C=C\C/C=C\C/C=C\C/C=C\CCCCCCCCCCCC(=O)OCC(O)COP(=O)(O)OCC(O)COP(=O)(O)OCC(COC(=O)CCCCCCCCCCC/C=C\C/C=C\C/C=C\C/C=C\CCCCC)OC(=O)CCCCCCCC/C=C\C/C=C\C/C=C\CCCCC. The van der Waals surface area contributed by atoms with Crippen LogP contribution in [0.25, 0.3) is 0 Å². The Morgan fingerprint density at radius 2 is 0.505 bits per heavy atom. The second-order valence-electron chi connectivity index (χ2n) is 27.2. The van der Waals surface area contributed by atoms with Crippen molar-refractivity contribution in [2.75, 3.05) is 39.6 Å². The van der Waals surface area contributed by atoms with Gasteiger partial charge in [0.25, 0.3) is 0 Å². The fourth-order valence-electron chi connectivity index (χ4n) is 10.8. The van der Waals surface area contributed by atoms with Crippen LogP contribution in [0.5, 0.6) is 0 Å². The summed E-state index contributed by atoms with van der Waals surface area (Å²) in [5, 5.41) is 20.7. The van der Waals surface area contributed by atoms with Crippen molar-refractivity contribution in [3.63, 3.8) is 0 Å². The van der Waals surface area contributed by atoms with Gasteiger partial charge in [-0.15, -0.1) is 0 Å². The van der Waals surface area contributed by atoms with E-state index < -0.39 is 91.5 Å². The minimum atomic E-state index is -4.94. The number of aliphatic hydroxyl groups excluding tert-OH is 2. The third kappa shape index (κ3) is 80.3. The molecule has 0 radical (unpaired) electrons. The zero-order valence-corrected chi connectivity index (χ0v) is 67.6. The summed E-state index contributed by atoms with van der Waals surface area (Å²) in [6.45, 7) is 2.50.